The minimum atomic E-state index is 0.610. The average molecular weight is 632 g/mol. The molecule has 0 radical (unpaired) electrons. The Bertz CT molecular complexity index is 2840. The lowest BCUT2D eigenvalue weighted by Gasteiger charge is -2.12. The molecule has 10 aromatic rings. The molecule has 0 unspecified atom stereocenters. The lowest BCUT2D eigenvalue weighted by atomic mass is 9.93. The SMILES string of the molecule is c1ccc(-c2nc(-c3ccc4c(c3)sc3ccccc34)nc(-c3cc4cccc(-c5ccccc5)c4c4oc5ccccc5c34)n2)cc1. The van der Waals surface area contributed by atoms with Crippen molar-refractivity contribution in [2.45, 2.75) is 0 Å². The number of benzene rings is 7. The minimum absolute atomic E-state index is 0.610. The van der Waals surface area contributed by atoms with Crippen LogP contribution in [0.1, 0.15) is 0 Å². The Morgan fingerprint density at radius 1 is 0.417 bits per heavy atom. The molecule has 0 N–H and O–H groups in total. The normalized spacial score (nSPS) is 11.8. The van der Waals surface area contributed by atoms with E-state index >= 15 is 0 Å². The van der Waals surface area contributed by atoms with Crippen LogP contribution in [0.15, 0.2) is 156 Å². The fourth-order valence-electron chi connectivity index (χ4n) is 6.90. The molecule has 0 atom stereocenters. The van der Waals surface area contributed by atoms with Crippen molar-refractivity contribution in [2.24, 2.45) is 0 Å². The van der Waals surface area contributed by atoms with Gasteiger partial charge in [-0.1, -0.05) is 127 Å². The molecule has 7 aromatic carbocycles. The number of nitrogens with zero attached hydrogens (tertiary/aromatic N) is 3. The minimum Gasteiger partial charge on any atom is -0.455 e. The first kappa shape index (κ1) is 27.0. The van der Waals surface area contributed by atoms with Gasteiger partial charge in [0.1, 0.15) is 11.2 Å². The van der Waals surface area contributed by atoms with Crippen LogP contribution in [0.2, 0.25) is 0 Å². The third-order valence-corrected chi connectivity index (χ3v) is 10.3. The summed E-state index contributed by atoms with van der Waals surface area (Å²) in [5.74, 6) is 1.88. The highest BCUT2D eigenvalue weighted by Crippen LogP contribution is 2.44. The van der Waals surface area contributed by atoms with Crippen molar-refractivity contribution in [2.75, 3.05) is 0 Å². The first-order valence-electron chi connectivity index (χ1n) is 15.9. The number of furan rings is 1. The topological polar surface area (TPSA) is 51.8 Å². The Kier molecular flexibility index (Phi) is 6.01. The second-order valence-electron chi connectivity index (χ2n) is 12.0. The van der Waals surface area contributed by atoms with E-state index in [-0.39, 0.29) is 0 Å². The van der Waals surface area contributed by atoms with E-state index in [4.69, 9.17) is 19.4 Å². The summed E-state index contributed by atoms with van der Waals surface area (Å²) in [5.41, 5.74) is 6.73. The predicted molar refractivity (Wildman–Crippen MR) is 199 cm³/mol. The Labute approximate surface area is 279 Å². The Morgan fingerprint density at radius 2 is 1.08 bits per heavy atom. The third kappa shape index (κ3) is 4.25. The Hall–Kier alpha value is -6.17. The quantitative estimate of drug-likeness (QED) is 0.194. The van der Waals surface area contributed by atoms with Crippen molar-refractivity contribution in [3.8, 4) is 45.3 Å². The predicted octanol–water partition coefficient (Wildman–Crippen LogP) is 12.0. The summed E-state index contributed by atoms with van der Waals surface area (Å²) in [4.78, 5) is 15.4. The van der Waals surface area contributed by atoms with Crippen LogP contribution < -0.4 is 0 Å². The van der Waals surface area contributed by atoms with Crippen molar-refractivity contribution < 1.29 is 4.42 Å². The molecule has 0 saturated heterocycles. The molecule has 10 rings (SSSR count). The van der Waals surface area contributed by atoms with Gasteiger partial charge in [0.2, 0.25) is 0 Å². The van der Waals surface area contributed by atoms with Crippen LogP contribution >= 0.6 is 11.3 Å². The summed E-state index contributed by atoms with van der Waals surface area (Å²) in [5, 5.41) is 6.68. The summed E-state index contributed by atoms with van der Waals surface area (Å²) < 4.78 is 9.20. The summed E-state index contributed by atoms with van der Waals surface area (Å²) in [7, 11) is 0. The lowest BCUT2D eigenvalue weighted by Crippen LogP contribution is -2.00. The van der Waals surface area contributed by atoms with Gasteiger partial charge in [-0.2, -0.15) is 0 Å². The van der Waals surface area contributed by atoms with E-state index < -0.39 is 0 Å². The van der Waals surface area contributed by atoms with Crippen LogP contribution in [0.4, 0.5) is 0 Å². The van der Waals surface area contributed by atoms with Gasteiger partial charge in [-0.3, -0.25) is 0 Å². The maximum atomic E-state index is 6.73. The smallest absolute Gasteiger partial charge is 0.164 e. The van der Waals surface area contributed by atoms with Gasteiger partial charge in [0, 0.05) is 53.0 Å². The van der Waals surface area contributed by atoms with Crippen molar-refractivity contribution in [3.05, 3.63) is 152 Å². The van der Waals surface area contributed by atoms with Crippen molar-refractivity contribution in [1.29, 1.82) is 0 Å². The molecular weight excluding hydrogens is 607 g/mol. The van der Waals surface area contributed by atoms with Crippen LogP contribution in [0.3, 0.4) is 0 Å². The van der Waals surface area contributed by atoms with Crippen molar-refractivity contribution in [3.63, 3.8) is 0 Å². The number of rotatable bonds is 4. The molecule has 0 aliphatic rings. The van der Waals surface area contributed by atoms with E-state index in [1.54, 1.807) is 11.3 Å². The molecule has 0 amide bonds. The molecule has 3 aromatic heterocycles. The summed E-state index contributed by atoms with van der Waals surface area (Å²) in [6.45, 7) is 0. The highest BCUT2D eigenvalue weighted by molar-refractivity contribution is 7.25. The van der Waals surface area contributed by atoms with Crippen LogP contribution in [-0.4, -0.2) is 15.0 Å². The zero-order valence-corrected chi connectivity index (χ0v) is 26.4. The number of aromatic nitrogens is 3. The first-order valence-corrected chi connectivity index (χ1v) is 16.8. The maximum Gasteiger partial charge on any atom is 0.164 e. The summed E-state index contributed by atoms with van der Waals surface area (Å²) in [6.07, 6.45) is 0. The van der Waals surface area contributed by atoms with Crippen LogP contribution in [0.5, 0.6) is 0 Å². The molecule has 224 valence electrons. The van der Waals surface area contributed by atoms with E-state index in [0.29, 0.717) is 17.5 Å². The second kappa shape index (κ2) is 10.7. The zero-order chi connectivity index (χ0) is 31.6. The molecule has 3 heterocycles. The van der Waals surface area contributed by atoms with E-state index in [1.165, 1.54) is 20.2 Å². The van der Waals surface area contributed by atoms with Gasteiger partial charge in [-0.25, -0.2) is 15.0 Å². The maximum absolute atomic E-state index is 6.73. The van der Waals surface area contributed by atoms with E-state index in [1.807, 2.05) is 48.5 Å². The zero-order valence-electron chi connectivity index (χ0n) is 25.6. The van der Waals surface area contributed by atoms with Gasteiger partial charge in [-0.15, -0.1) is 11.3 Å². The molecule has 0 saturated carbocycles. The Morgan fingerprint density at radius 3 is 1.92 bits per heavy atom. The van der Waals surface area contributed by atoms with Gasteiger partial charge in [-0.05, 0) is 40.8 Å². The van der Waals surface area contributed by atoms with E-state index in [9.17, 15) is 0 Å². The molecular formula is C43H25N3OS. The van der Waals surface area contributed by atoms with Gasteiger partial charge in [0.25, 0.3) is 0 Å². The lowest BCUT2D eigenvalue weighted by molar-refractivity contribution is 0.673. The largest absolute Gasteiger partial charge is 0.455 e. The summed E-state index contributed by atoms with van der Waals surface area (Å²) >= 11 is 1.79. The fourth-order valence-corrected chi connectivity index (χ4v) is 8.05. The highest BCUT2D eigenvalue weighted by atomic mass is 32.1. The van der Waals surface area contributed by atoms with E-state index in [2.05, 4.69) is 103 Å². The number of thiophene rings is 1. The molecule has 4 nitrogen and oxygen atoms in total. The molecule has 5 heteroatoms. The highest BCUT2D eigenvalue weighted by Gasteiger charge is 2.22. The van der Waals surface area contributed by atoms with Gasteiger partial charge in [0.05, 0.1) is 0 Å². The van der Waals surface area contributed by atoms with Gasteiger partial charge < -0.3 is 4.42 Å². The van der Waals surface area contributed by atoms with Crippen LogP contribution in [0.25, 0.3) is 98.2 Å². The Balaban J connectivity index is 1.27. The third-order valence-electron chi connectivity index (χ3n) is 9.12. The number of fused-ring (bicyclic) bond motifs is 8. The second-order valence-corrected chi connectivity index (χ2v) is 13.1. The molecule has 0 spiro atoms. The van der Waals surface area contributed by atoms with E-state index in [0.717, 1.165) is 60.5 Å². The molecule has 0 bridgehead atoms. The number of hydrogen-bond donors (Lipinski definition) is 0. The molecule has 0 aliphatic heterocycles. The molecule has 0 aliphatic carbocycles. The van der Waals surface area contributed by atoms with Crippen LogP contribution in [0, 0.1) is 0 Å². The van der Waals surface area contributed by atoms with Crippen molar-refractivity contribution in [1.82, 2.24) is 15.0 Å². The first-order chi connectivity index (χ1) is 23.8. The van der Waals surface area contributed by atoms with Gasteiger partial charge in [0.15, 0.2) is 17.5 Å². The standard InChI is InChI=1S/C43H25N3OS/c1-3-12-26(13-4-1)30-19-11-16-28-24-34(39-33-18-7-9-20-35(33)47-40(39)38(28)30)43-45-41(27-14-5-2-6-15-27)44-42(46-43)29-22-23-32-31-17-8-10-21-36(31)48-37(32)25-29/h1-25H. The monoisotopic (exact) mass is 631 g/mol. The fraction of sp³-hybridized carbons (Fsp3) is 0. The molecule has 0 fully saturated rings. The van der Waals surface area contributed by atoms with Gasteiger partial charge >= 0.3 is 0 Å². The number of para-hydroxylation sites is 1. The summed E-state index contributed by atoms with van der Waals surface area (Å²) in [6, 6.07) is 52.6. The molecule has 48 heavy (non-hydrogen) atoms. The number of hydrogen-bond acceptors (Lipinski definition) is 5. The van der Waals surface area contributed by atoms with Crippen molar-refractivity contribution >= 4 is 64.2 Å². The average Bonchev–Trinajstić information content (AvgIpc) is 3.73. The van der Waals surface area contributed by atoms with Crippen LogP contribution in [-0.2, 0) is 0 Å².